The van der Waals surface area contributed by atoms with E-state index in [2.05, 4.69) is 48.4 Å². The van der Waals surface area contributed by atoms with Crippen LogP contribution in [-0.2, 0) is 13.0 Å². The number of aromatic nitrogens is 3. The largest absolute Gasteiger partial charge is 0.497 e. The van der Waals surface area contributed by atoms with Crippen molar-refractivity contribution in [1.29, 1.82) is 0 Å². The average molecular weight is 355 g/mol. The highest BCUT2D eigenvalue weighted by Gasteiger charge is 2.24. The Bertz CT molecular complexity index is 1130. The predicted molar refractivity (Wildman–Crippen MR) is 107 cm³/mol. The predicted octanol–water partition coefficient (Wildman–Crippen LogP) is 4.81. The maximum atomic E-state index is 5.24. The fourth-order valence-corrected chi connectivity index (χ4v) is 4.15. The maximum absolute atomic E-state index is 5.24. The van der Waals surface area contributed by atoms with Crippen molar-refractivity contribution in [2.75, 3.05) is 7.11 Å². The molecule has 0 aliphatic heterocycles. The van der Waals surface area contributed by atoms with Crippen LogP contribution in [0, 0.1) is 0 Å². The lowest BCUT2D eigenvalue weighted by molar-refractivity contribution is 0.414. The van der Waals surface area contributed by atoms with Gasteiger partial charge in [0.1, 0.15) is 5.75 Å². The van der Waals surface area contributed by atoms with Gasteiger partial charge in [0.15, 0.2) is 5.65 Å². The summed E-state index contributed by atoms with van der Waals surface area (Å²) in [6.07, 6.45) is 5.03. The number of methoxy groups -OCH3 is 1. The van der Waals surface area contributed by atoms with Gasteiger partial charge in [-0.05, 0) is 52.3 Å². The molecule has 2 heterocycles. The van der Waals surface area contributed by atoms with E-state index in [1.165, 1.54) is 27.8 Å². The monoisotopic (exact) mass is 355 g/mol. The molecule has 1 unspecified atom stereocenters. The Kier molecular flexibility index (Phi) is 3.71. The van der Waals surface area contributed by atoms with Gasteiger partial charge in [0.2, 0.25) is 0 Å². The van der Waals surface area contributed by atoms with Crippen LogP contribution < -0.4 is 4.74 Å². The summed E-state index contributed by atoms with van der Waals surface area (Å²) < 4.78 is 7.23. The molecule has 1 aliphatic rings. The zero-order chi connectivity index (χ0) is 18.4. The molecule has 0 spiro atoms. The van der Waals surface area contributed by atoms with Crippen molar-refractivity contribution in [1.82, 2.24) is 14.8 Å². The standard InChI is InChI=1S/C23H21N3O/c1-15-11-17-12-24-23-21(22(17)20-6-4-3-5-19(15)20)13-25-26(23)14-16-7-9-18(27-2)10-8-16/h3-10,12-13,15H,11,14H2,1-2H3. The minimum absolute atomic E-state index is 0.516. The first-order valence-corrected chi connectivity index (χ1v) is 9.30. The van der Waals surface area contributed by atoms with E-state index in [4.69, 9.17) is 9.72 Å². The minimum Gasteiger partial charge on any atom is -0.497 e. The Hall–Kier alpha value is -3.14. The van der Waals surface area contributed by atoms with Crippen molar-refractivity contribution in [3.63, 3.8) is 0 Å². The van der Waals surface area contributed by atoms with Crippen LogP contribution in [0.3, 0.4) is 0 Å². The molecule has 1 aliphatic carbocycles. The van der Waals surface area contributed by atoms with Crippen molar-refractivity contribution in [2.24, 2.45) is 0 Å². The molecule has 1 atom stereocenters. The number of nitrogens with zero attached hydrogens (tertiary/aromatic N) is 3. The van der Waals surface area contributed by atoms with Gasteiger partial charge in [-0.1, -0.05) is 43.3 Å². The second-order valence-corrected chi connectivity index (χ2v) is 7.24. The van der Waals surface area contributed by atoms with Crippen molar-refractivity contribution < 1.29 is 4.74 Å². The molecule has 0 bridgehead atoms. The smallest absolute Gasteiger partial charge is 0.158 e. The van der Waals surface area contributed by atoms with E-state index in [-0.39, 0.29) is 0 Å². The van der Waals surface area contributed by atoms with E-state index in [1.54, 1.807) is 7.11 Å². The van der Waals surface area contributed by atoms with Crippen LogP contribution in [0.4, 0.5) is 0 Å². The Morgan fingerprint density at radius 2 is 1.89 bits per heavy atom. The summed E-state index contributed by atoms with van der Waals surface area (Å²) >= 11 is 0. The van der Waals surface area contributed by atoms with E-state index in [0.717, 1.165) is 23.2 Å². The van der Waals surface area contributed by atoms with Gasteiger partial charge in [0.05, 0.1) is 19.9 Å². The molecule has 27 heavy (non-hydrogen) atoms. The second-order valence-electron chi connectivity index (χ2n) is 7.24. The molecule has 0 amide bonds. The highest BCUT2D eigenvalue weighted by Crippen LogP contribution is 2.42. The number of benzene rings is 2. The second kappa shape index (κ2) is 6.23. The summed E-state index contributed by atoms with van der Waals surface area (Å²) in [5, 5.41) is 5.80. The van der Waals surface area contributed by atoms with Crippen molar-refractivity contribution in [3.05, 3.63) is 77.6 Å². The molecule has 0 N–H and O–H groups in total. The molecular formula is C23H21N3O. The first-order valence-electron chi connectivity index (χ1n) is 9.30. The molecule has 0 saturated heterocycles. The number of fused-ring (bicyclic) bond motifs is 5. The fraction of sp³-hybridized carbons (Fsp3) is 0.217. The lowest BCUT2D eigenvalue weighted by Gasteiger charge is -2.25. The molecule has 134 valence electrons. The SMILES string of the molecule is COc1ccc(Cn2ncc3c4c(cnc32)CC(C)c2ccccc2-4)cc1. The third-order valence-corrected chi connectivity index (χ3v) is 5.52. The minimum atomic E-state index is 0.516. The van der Waals surface area contributed by atoms with Gasteiger partial charge in [-0.25, -0.2) is 9.67 Å². The van der Waals surface area contributed by atoms with Gasteiger partial charge in [-0.15, -0.1) is 0 Å². The zero-order valence-corrected chi connectivity index (χ0v) is 15.5. The molecule has 2 aromatic heterocycles. The Labute approximate surface area is 158 Å². The number of rotatable bonds is 3. The molecule has 0 saturated carbocycles. The number of hydrogen-bond donors (Lipinski definition) is 0. The highest BCUT2D eigenvalue weighted by atomic mass is 16.5. The molecule has 4 nitrogen and oxygen atoms in total. The maximum Gasteiger partial charge on any atom is 0.158 e. The summed E-state index contributed by atoms with van der Waals surface area (Å²) in [4.78, 5) is 4.77. The summed E-state index contributed by atoms with van der Waals surface area (Å²) in [7, 11) is 1.68. The van der Waals surface area contributed by atoms with E-state index in [9.17, 15) is 0 Å². The van der Waals surface area contributed by atoms with Gasteiger partial charge >= 0.3 is 0 Å². The van der Waals surface area contributed by atoms with Crippen molar-refractivity contribution in [3.8, 4) is 16.9 Å². The van der Waals surface area contributed by atoms with Gasteiger partial charge in [-0.2, -0.15) is 5.10 Å². The molecule has 2 aromatic carbocycles. The van der Waals surface area contributed by atoms with Crippen LogP contribution in [0.5, 0.6) is 5.75 Å². The summed E-state index contributed by atoms with van der Waals surface area (Å²) in [5.41, 5.74) is 7.47. The van der Waals surface area contributed by atoms with Crippen LogP contribution in [-0.4, -0.2) is 21.9 Å². The molecule has 4 heteroatoms. The summed E-state index contributed by atoms with van der Waals surface area (Å²) in [5.74, 6) is 1.38. The fourth-order valence-electron chi connectivity index (χ4n) is 4.15. The van der Waals surface area contributed by atoms with E-state index < -0.39 is 0 Å². The average Bonchev–Trinajstić information content (AvgIpc) is 3.11. The third kappa shape index (κ3) is 2.60. The third-order valence-electron chi connectivity index (χ3n) is 5.52. The number of pyridine rings is 1. The van der Waals surface area contributed by atoms with E-state index in [0.29, 0.717) is 12.5 Å². The quantitative estimate of drug-likeness (QED) is 0.529. The Balaban J connectivity index is 1.61. The first kappa shape index (κ1) is 16.1. The molecule has 5 rings (SSSR count). The van der Waals surface area contributed by atoms with Crippen molar-refractivity contribution >= 4 is 11.0 Å². The van der Waals surface area contributed by atoms with Gasteiger partial charge in [0, 0.05) is 11.6 Å². The van der Waals surface area contributed by atoms with E-state index >= 15 is 0 Å². The number of ether oxygens (including phenoxy) is 1. The summed E-state index contributed by atoms with van der Waals surface area (Å²) in [6, 6.07) is 16.8. The Morgan fingerprint density at radius 3 is 2.70 bits per heavy atom. The van der Waals surface area contributed by atoms with Crippen LogP contribution in [0.25, 0.3) is 22.2 Å². The van der Waals surface area contributed by atoms with Gasteiger partial charge in [-0.3, -0.25) is 0 Å². The van der Waals surface area contributed by atoms with Gasteiger partial charge < -0.3 is 4.74 Å². The topological polar surface area (TPSA) is 39.9 Å². The van der Waals surface area contributed by atoms with Crippen LogP contribution in [0.1, 0.15) is 29.5 Å². The van der Waals surface area contributed by atoms with Crippen molar-refractivity contribution in [2.45, 2.75) is 25.8 Å². The highest BCUT2D eigenvalue weighted by molar-refractivity contribution is 5.96. The molecule has 0 radical (unpaired) electrons. The normalized spacial score (nSPS) is 15.4. The van der Waals surface area contributed by atoms with Crippen LogP contribution in [0.2, 0.25) is 0 Å². The Morgan fingerprint density at radius 1 is 1.07 bits per heavy atom. The van der Waals surface area contributed by atoms with Gasteiger partial charge in [0.25, 0.3) is 0 Å². The molecule has 0 fully saturated rings. The van der Waals surface area contributed by atoms with Crippen LogP contribution in [0.15, 0.2) is 60.9 Å². The van der Waals surface area contributed by atoms with Crippen LogP contribution >= 0.6 is 0 Å². The summed E-state index contributed by atoms with van der Waals surface area (Å²) in [6.45, 7) is 2.98. The first-order chi connectivity index (χ1) is 13.2. The lowest BCUT2D eigenvalue weighted by atomic mass is 9.79. The lowest BCUT2D eigenvalue weighted by Crippen LogP contribution is -2.10. The zero-order valence-electron chi connectivity index (χ0n) is 15.5. The van der Waals surface area contributed by atoms with E-state index in [1.807, 2.05) is 29.2 Å². The molecule has 4 aromatic rings. The molecular weight excluding hydrogens is 334 g/mol. The number of hydrogen-bond acceptors (Lipinski definition) is 3.